The van der Waals surface area contributed by atoms with E-state index in [-0.39, 0.29) is 16.5 Å². The molecule has 21 heavy (non-hydrogen) atoms. The number of hydrogen-bond donors (Lipinski definition) is 1. The zero-order valence-corrected chi connectivity index (χ0v) is 14.8. The van der Waals surface area contributed by atoms with Crippen LogP contribution in [0.1, 0.15) is 31.7 Å². The SMILES string of the molecule is CC(C)[NH2+]CCN1C(=O)[C@H](C)S[C@@H]1c1ccc(Cl)c(Cl)c1. The van der Waals surface area contributed by atoms with Gasteiger partial charge in [0.25, 0.3) is 0 Å². The normalized spacial score (nSPS) is 22.4. The average Bonchev–Trinajstić information content (AvgIpc) is 2.70. The van der Waals surface area contributed by atoms with Crippen LogP contribution in [0.15, 0.2) is 18.2 Å². The van der Waals surface area contributed by atoms with Crippen LogP contribution in [-0.4, -0.2) is 35.2 Å². The molecule has 3 nitrogen and oxygen atoms in total. The van der Waals surface area contributed by atoms with Crippen LogP contribution < -0.4 is 5.32 Å². The molecular weight excluding hydrogens is 327 g/mol. The number of quaternary nitrogens is 1. The van der Waals surface area contributed by atoms with Crippen LogP contribution in [0.3, 0.4) is 0 Å². The fourth-order valence-electron chi connectivity index (χ4n) is 2.37. The van der Waals surface area contributed by atoms with Gasteiger partial charge in [0.2, 0.25) is 5.91 Å². The lowest BCUT2D eigenvalue weighted by Crippen LogP contribution is -2.89. The molecule has 1 fully saturated rings. The minimum absolute atomic E-state index is 0.0106. The van der Waals surface area contributed by atoms with Crippen LogP contribution in [0.25, 0.3) is 0 Å². The molecule has 116 valence electrons. The first kappa shape index (κ1) is 16.9. The predicted molar refractivity (Wildman–Crippen MR) is 89.9 cm³/mol. The first-order chi connectivity index (χ1) is 9.90. The van der Waals surface area contributed by atoms with Gasteiger partial charge in [-0.25, -0.2) is 0 Å². The minimum Gasteiger partial charge on any atom is -0.343 e. The molecule has 2 atom stereocenters. The molecule has 0 saturated carbocycles. The molecule has 1 aromatic rings. The lowest BCUT2D eigenvalue weighted by atomic mass is 10.2. The van der Waals surface area contributed by atoms with Crippen molar-refractivity contribution in [3.8, 4) is 0 Å². The second-order valence-electron chi connectivity index (χ2n) is 5.60. The summed E-state index contributed by atoms with van der Waals surface area (Å²) in [4.78, 5) is 14.3. The fraction of sp³-hybridized carbons (Fsp3) is 0.533. The van der Waals surface area contributed by atoms with Gasteiger partial charge in [-0.05, 0) is 38.5 Å². The largest absolute Gasteiger partial charge is 0.343 e. The summed E-state index contributed by atoms with van der Waals surface area (Å²) in [6, 6.07) is 6.16. The molecule has 0 bridgehead atoms. The molecule has 0 radical (unpaired) electrons. The Kier molecular flexibility index (Phi) is 5.83. The van der Waals surface area contributed by atoms with E-state index in [1.807, 2.05) is 24.0 Å². The quantitative estimate of drug-likeness (QED) is 0.888. The third kappa shape index (κ3) is 4.07. The summed E-state index contributed by atoms with van der Waals surface area (Å²) < 4.78 is 0. The monoisotopic (exact) mass is 347 g/mol. The summed E-state index contributed by atoms with van der Waals surface area (Å²) in [5.41, 5.74) is 1.04. The molecule has 1 heterocycles. The van der Waals surface area contributed by atoms with Crippen molar-refractivity contribution in [3.63, 3.8) is 0 Å². The lowest BCUT2D eigenvalue weighted by molar-refractivity contribution is -0.682. The van der Waals surface area contributed by atoms with Crippen LogP contribution in [0.5, 0.6) is 0 Å². The van der Waals surface area contributed by atoms with Crippen LogP contribution >= 0.6 is 35.0 Å². The standard InChI is InChI=1S/C15H20Cl2N2OS/c1-9(2)18-6-7-19-14(20)10(3)21-15(19)11-4-5-12(16)13(17)8-11/h4-5,8-10,15,18H,6-7H2,1-3H3/p+1/t10-,15+/m0/s1. The van der Waals surface area contributed by atoms with E-state index in [1.165, 1.54) is 0 Å². The van der Waals surface area contributed by atoms with Gasteiger partial charge in [0.15, 0.2) is 0 Å². The van der Waals surface area contributed by atoms with Crippen molar-refractivity contribution in [2.24, 2.45) is 0 Å². The van der Waals surface area contributed by atoms with E-state index in [0.29, 0.717) is 16.1 Å². The van der Waals surface area contributed by atoms with Gasteiger partial charge >= 0.3 is 0 Å². The number of rotatable bonds is 5. The summed E-state index contributed by atoms with van der Waals surface area (Å²) >= 11 is 13.8. The third-order valence-corrected chi connectivity index (χ3v) is 5.62. The number of nitrogens with two attached hydrogens (primary N) is 1. The predicted octanol–water partition coefficient (Wildman–Crippen LogP) is 2.93. The van der Waals surface area contributed by atoms with Gasteiger partial charge in [-0.2, -0.15) is 0 Å². The van der Waals surface area contributed by atoms with Gasteiger partial charge < -0.3 is 10.2 Å². The van der Waals surface area contributed by atoms with Crippen molar-refractivity contribution in [2.75, 3.05) is 13.1 Å². The van der Waals surface area contributed by atoms with E-state index in [1.54, 1.807) is 17.8 Å². The Hall–Kier alpha value is -0.420. The molecule has 1 amide bonds. The Morgan fingerprint density at radius 3 is 2.67 bits per heavy atom. The van der Waals surface area contributed by atoms with Crippen LogP contribution in [-0.2, 0) is 4.79 Å². The van der Waals surface area contributed by atoms with Gasteiger partial charge in [-0.3, -0.25) is 4.79 Å². The highest BCUT2D eigenvalue weighted by atomic mass is 35.5. The van der Waals surface area contributed by atoms with Gasteiger partial charge in [-0.15, -0.1) is 11.8 Å². The molecule has 2 rings (SSSR count). The Balaban J connectivity index is 2.15. The number of hydrogen-bond acceptors (Lipinski definition) is 2. The smallest absolute Gasteiger partial charge is 0.236 e. The Morgan fingerprint density at radius 1 is 1.33 bits per heavy atom. The van der Waals surface area contributed by atoms with Crippen LogP contribution in [0.4, 0.5) is 0 Å². The number of carbonyl (C=O) groups is 1. The number of nitrogens with zero attached hydrogens (tertiary/aromatic N) is 1. The van der Waals surface area contributed by atoms with Crippen molar-refractivity contribution < 1.29 is 10.1 Å². The Labute approximate surface area is 140 Å². The molecule has 0 aromatic heterocycles. The fourth-order valence-corrected chi connectivity index (χ4v) is 3.98. The molecule has 0 spiro atoms. The number of benzene rings is 1. The maximum Gasteiger partial charge on any atom is 0.236 e. The van der Waals surface area contributed by atoms with E-state index in [9.17, 15) is 4.79 Å². The Morgan fingerprint density at radius 2 is 2.05 bits per heavy atom. The highest BCUT2D eigenvalue weighted by Crippen LogP contribution is 2.43. The maximum atomic E-state index is 12.3. The molecule has 1 aliphatic rings. The molecule has 2 N–H and O–H groups in total. The molecule has 1 saturated heterocycles. The average molecular weight is 348 g/mol. The van der Waals surface area contributed by atoms with Crippen molar-refractivity contribution in [1.82, 2.24) is 4.90 Å². The van der Waals surface area contributed by atoms with Crippen LogP contribution in [0.2, 0.25) is 10.0 Å². The number of halogens is 2. The van der Waals surface area contributed by atoms with E-state index in [2.05, 4.69) is 19.2 Å². The highest BCUT2D eigenvalue weighted by molar-refractivity contribution is 8.01. The van der Waals surface area contributed by atoms with Crippen molar-refractivity contribution in [1.29, 1.82) is 0 Å². The van der Waals surface area contributed by atoms with E-state index < -0.39 is 0 Å². The molecule has 1 aromatic carbocycles. The maximum absolute atomic E-state index is 12.3. The summed E-state index contributed by atoms with van der Waals surface area (Å²) in [7, 11) is 0. The molecular formula is C15H21Cl2N2OS+. The lowest BCUT2D eigenvalue weighted by Gasteiger charge is -2.24. The van der Waals surface area contributed by atoms with Gasteiger partial charge in [0.05, 0.1) is 34.4 Å². The van der Waals surface area contributed by atoms with Crippen molar-refractivity contribution >= 4 is 40.9 Å². The van der Waals surface area contributed by atoms with Crippen molar-refractivity contribution in [3.05, 3.63) is 33.8 Å². The molecule has 6 heteroatoms. The summed E-state index contributed by atoms with van der Waals surface area (Å²) in [6.07, 6.45) is 0. The van der Waals surface area contributed by atoms with E-state index in [4.69, 9.17) is 23.2 Å². The first-order valence-electron chi connectivity index (χ1n) is 7.14. The number of thioether (sulfide) groups is 1. The molecule has 1 aliphatic heterocycles. The van der Waals surface area contributed by atoms with Gasteiger partial charge in [0.1, 0.15) is 5.37 Å². The first-order valence-corrected chi connectivity index (χ1v) is 8.84. The van der Waals surface area contributed by atoms with Gasteiger partial charge in [-0.1, -0.05) is 29.3 Å². The van der Waals surface area contributed by atoms with Gasteiger partial charge in [0, 0.05) is 0 Å². The van der Waals surface area contributed by atoms with E-state index in [0.717, 1.165) is 18.7 Å². The Bertz CT molecular complexity index is 524. The summed E-state index contributed by atoms with van der Waals surface area (Å²) in [5, 5.41) is 3.34. The molecule has 0 aliphatic carbocycles. The number of amides is 1. The van der Waals surface area contributed by atoms with E-state index >= 15 is 0 Å². The summed E-state index contributed by atoms with van der Waals surface area (Å²) in [5.74, 6) is 0.202. The second-order valence-corrected chi connectivity index (χ2v) is 7.84. The topological polar surface area (TPSA) is 36.9 Å². The summed E-state index contributed by atoms with van der Waals surface area (Å²) in [6.45, 7) is 7.93. The van der Waals surface area contributed by atoms with Crippen molar-refractivity contribution in [2.45, 2.75) is 37.4 Å². The zero-order chi connectivity index (χ0) is 15.6. The number of carbonyl (C=O) groups excluding carboxylic acids is 1. The zero-order valence-electron chi connectivity index (χ0n) is 12.5. The van der Waals surface area contributed by atoms with Crippen LogP contribution in [0, 0.1) is 0 Å². The molecule has 0 unspecified atom stereocenters. The third-order valence-electron chi connectivity index (χ3n) is 3.48. The highest BCUT2D eigenvalue weighted by Gasteiger charge is 2.38. The minimum atomic E-state index is -0.0106. The second kappa shape index (κ2) is 7.23.